The molecule has 1 saturated heterocycles. The maximum atomic E-state index is 7.15. The third-order valence-electron chi connectivity index (χ3n) is 7.90. The molecule has 4 atom stereocenters. The Balaban J connectivity index is 1.22. The first-order chi connectivity index (χ1) is 19.0. The van der Waals surface area contributed by atoms with Gasteiger partial charge >= 0.3 is 0 Å². The molecule has 0 radical (unpaired) electrons. The number of benzene rings is 3. The third kappa shape index (κ3) is 6.62. The van der Waals surface area contributed by atoms with Crippen molar-refractivity contribution in [2.24, 2.45) is 0 Å². The van der Waals surface area contributed by atoms with E-state index in [0.29, 0.717) is 19.8 Å². The van der Waals surface area contributed by atoms with Crippen LogP contribution in [0.1, 0.15) is 45.6 Å². The fourth-order valence-corrected chi connectivity index (χ4v) is 10.6. The van der Waals surface area contributed by atoms with Crippen molar-refractivity contribution in [3.05, 3.63) is 109 Å². The van der Waals surface area contributed by atoms with Crippen LogP contribution in [-0.4, -0.2) is 45.9 Å². The summed E-state index contributed by atoms with van der Waals surface area (Å²) in [4.78, 5) is 0. The minimum absolute atomic E-state index is 0.00127. The van der Waals surface area contributed by atoms with Crippen LogP contribution in [0.4, 0.5) is 0 Å². The Morgan fingerprint density at radius 2 is 1.36 bits per heavy atom. The molecule has 4 nitrogen and oxygen atoms in total. The predicted octanol–water partition coefficient (Wildman–Crippen LogP) is 6.04. The van der Waals surface area contributed by atoms with E-state index in [-0.39, 0.29) is 29.5 Å². The van der Waals surface area contributed by atoms with Gasteiger partial charge in [0.25, 0.3) is 8.32 Å². The molecule has 3 aromatic rings. The van der Waals surface area contributed by atoms with Crippen molar-refractivity contribution in [1.82, 2.24) is 0 Å². The molecule has 0 spiro atoms. The lowest BCUT2D eigenvalue weighted by atomic mass is 10.1. The van der Waals surface area contributed by atoms with E-state index in [4.69, 9.17) is 18.6 Å². The Morgan fingerprint density at radius 1 is 0.744 bits per heavy atom. The zero-order chi connectivity index (χ0) is 27.1. The molecular formula is C34H42O4Si. The van der Waals surface area contributed by atoms with Crippen molar-refractivity contribution < 1.29 is 18.6 Å². The normalized spacial score (nSPS) is 23.7. The van der Waals surface area contributed by atoms with Gasteiger partial charge in [0, 0.05) is 0 Å². The molecule has 0 unspecified atom stereocenters. The summed E-state index contributed by atoms with van der Waals surface area (Å²) in [5, 5.41) is 2.54. The van der Waals surface area contributed by atoms with Gasteiger partial charge in [0.2, 0.25) is 0 Å². The Labute approximate surface area is 235 Å². The third-order valence-corrected chi connectivity index (χ3v) is 12.9. The second-order valence-corrected chi connectivity index (χ2v) is 16.0. The van der Waals surface area contributed by atoms with Crippen LogP contribution < -0.4 is 10.4 Å². The molecule has 1 fully saturated rings. The van der Waals surface area contributed by atoms with Gasteiger partial charge in [0.1, 0.15) is 6.10 Å². The smallest absolute Gasteiger partial charge is 0.261 e. The minimum atomic E-state index is -2.59. The molecule has 0 saturated carbocycles. The SMILES string of the molecule is CC(C)(C)[Si](OC[C@@H]1CC=C[C@H]([C@@H]2CC[C@@H](COCc3ccccc3)O2)O1)(c1ccccc1)c1ccccc1. The van der Waals surface area contributed by atoms with Crippen molar-refractivity contribution in [2.45, 2.75) is 76.1 Å². The van der Waals surface area contributed by atoms with E-state index >= 15 is 0 Å². The zero-order valence-corrected chi connectivity index (χ0v) is 24.5. The summed E-state index contributed by atoms with van der Waals surface area (Å²) < 4.78 is 26.1. The zero-order valence-electron chi connectivity index (χ0n) is 23.5. The largest absolute Gasteiger partial charge is 0.405 e. The quantitative estimate of drug-likeness (QED) is 0.231. The highest BCUT2D eigenvalue weighted by Gasteiger charge is 2.50. The molecule has 0 aromatic heterocycles. The molecule has 2 aliphatic rings. The maximum absolute atomic E-state index is 7.15. The highest BCUT2D eigenvalue weighted by Crippen LogP contribution is 2.37. The maximum Gasteiger partial charge on any atom is 0.261 e. The standard InChI is InChI=1S/C34H42O4Si/c1-34(2,3)39(30-17-9-5-10-18-30,31-19-11-6-12-20-31)36-26-28-16-13-21-32(37-28)33-23-22-29(38-33)25-35-24-27-14-7-4-8-15-27/h4-15,17-21,28-29,32-33H,16,22-26H2,1-3H3/t28-,29-,32+,33-/m0/s1. The molecule has 2 heterocycles. The van der Waals surface area contributed by atoms with Gasteiger partial charge in [-0.3, -0.25) is 0 Å². The van der Waals surface area contributed by atoms with E-state index in [2.05, 4.69) is 106 Å². The van der Waals surface area contributed by atoms with E-state index in [0.717, 1.165) is 19.3 Å². The monoisotopic (exact) mass is 542 g/mol. The van der Waals surface area contributed by atoms with Crippen molar-refractivity contribution in [2.75, 3.05) is 13.2 Å². The van der Waals surface area contributed by atoms with E-state index in [9.17, 15) is 0 Å². The van der Waals surface area contributed by atoms with Crippen molar-refractivity contribution in [3.63, 3.8) is 0 Å². The van der Waals surface area contributed by atoms with Gasteiger partial charge in [-0.2, -0.15) is 0 Å². The summed E-state index contributed by atoms with van der Waals surface area (Å²) in [6.45, 7) is 8.74. The molecule has 0 aliphatic carbocycles. The Kier molecular flexibility index (Phi) is 9.16. The number of hydrogen-bond acceptors (Lipinski definition) is 4. The molecule has 5 rings (SSSR count). The van der Waals surface area contributed by atoms with Gasteiger partial charge in [-0.25, -0.2) is 0 Å². The van der Waals surface area contributed by atoms with E-state index in [1.54, 1.807) is 0 Å². The molecule has 0 bridgehead atoms. The summed E-state index contributed by atoms with van der Waals surface area (Å²) >= 11 is 0. The second kappa shape index (κ2) is 12.8. The van der Waals surface area contributed by atoms with Crippen LogP contribution in [0.15, 0.2) is 103 Å². The van der Waals surface area contributed by atoms with Gasteiger partial charge in [-0.15, -0.1) is 0 Å². The highest BCUT2D eigenvalue weighted by molar-refractivity contribution is 6.99. The molecule has 39 heavy (non-hydrogen) atoms. The summed E-state index contributed by atoms with van der Waals surface area (Å²) in [7, 11) is -2.59. The fraction of sp³-hybridized carbons (Fsp3) is 0.412. The van der Waals surface area contributed by atoms with Crippen LogP contribution in [0.3, 0.4) is 0 Å². The summed E-state index contributed by atoms with van der Waals surface area (Å²) in [6.07, 6.45) is 7.38. The Bertz CT molecular complexity index is 1140. The lowest BCUT2D eigenvalue weighted by molar-refractivity contribution is -0.102. The van der Waals surface area contributed by atoms with Crippen LogP contribution >= 0.6 is 0 Å². The number of rotatable bonds is 10. The van der Waals surface area contributed by atoms with Gasteiger partial charge in [-0.1, -0.05) is 124 Å². The summed E-state index contributed by atoms with van der Waals surface area (Å²) in [5.74, 6) is 0. The van der Waals surface area contributed by atoms with Crippen LogP contribution in [0, 0.1) is 0 Å². The first-order valence-corrected chi connectivity index (χ1v) is 16.2. The average molecular weight is 543 g/mol. The van der Waals surface area contributed by atoms with Crippen molar-refractivity contribution >= 4 is 18.7 Å². The fourth-order valence-electron chi connectivity index (χ4n) is 5.97. The lowest BCUT2D eigenvalue weighted by Gasteiger charge is -2.44. The lowest BCUT2D eigenvalue weighted by Crippen LogP contribution is -2.67. The molecule has 3 aromatic carbocycles. The van der Waals surface area contributed by atoms with Crippen LogP contribution in [0.5, 0.6) is 0 Å². The molecular weight excluding hydrogens is 500 g/mol. The van der Waals surface area contributed by atoms with Crippen LogP contribution in [0.2, 0.25) is 5.04 Å². The van der Waals surface area contributed by atoms with Crippen LogP contribution in [0.25, 0.3) is 0 Å². The van der Waals surface area contributed by atoms with Gasteiger partial charge in [0.15, 0.2) is 0 Å². The average Bonchev–Trinajstić information content (AvgIpc) is 3.44. The molecule has 0 N–H and O–H groups in total. The van der Waals surface area contributed by atoms with Crippen LogP contribution in [-0.2, 0) is 25.2 Å². The summed E-state index contributed by atoms with van der Waals surface area (Å²) in [6, 6.07) is 31.9. The molecule has 5 heteroatoms. The molecule has 206 valence electrons. The van der Waals surface area contributed by atoms with Gasteiger partial charge in [0.05, 0.1) is 38.1 Å². The first-order valence-electron chi connectivity index (χ1n) is 14.3. The number of hydrogen-bond donors (Lipinski definition) is 0. The number of ether oxygens (including phenoxy) is 3. The van der Waals surface area contributed by atoms with E-state index < -0.39 is 8.32 Å². The summed E-state index contributed by atoms with van der Waals surface area (Å²) in [5.41, 5.74) is 1.19. The van der Waals surface area contributed by atoms with Gasteiger partial charge < -0.3 is 18.6 Å². The predicted molar refractivity (Wildman–Crippen MR) is 160 cm³/mol. The van der Waals surface area contributed by atoms with Crippen molar-refractivity contribution in [1.29, 1.82) is 0 Å². The van der Waals surface area contributed by atoms with Gasteiger partial charge in [-0.05, 0) is 40.2 Å². The van der Waals surface area contributed by atoms with E-state index in [1.165, 1.54) is 15.9 Å². The Morgan fingerprint density at radius 3 is 1.97 bits per heavy atom. The molecule has 0 amide bonds. The highest BCUT2D eigenvalue weighted by atomic mass is 28.4. The second-order valence-electron chi connectivity index (χ2n) is 11.7. The van der Waals surface area contributed by atoms with Crippen molar-refractivity contribution in [3.8, 4) is 0 Å². The Hall–Kier alpha value is -2.54. The first kappa shape index (κ1) is 28.0. The molecule has 2 aliphatic heterocycles. The topological polar surface area (TPSA) is 36.9 Å². The van der Waals surface area contributed by atoms with E-state index in [1.807, 2.05) is 18.2 Å². The minimum Gasteiger partial charge on any atom is -0.405 e.